The van der Waals surface area contributed by atoms with Gasteiger partial charge in [-0.05, 0) is 17.2 Å². The molecule has 102 valence electrons. The molecule has 0 fully saturated rings. The first kappa shape index (κ1) is 13.9. The molecule has 0 radical (unpaired) electrons. The highest BCUT2D eigenvalue weighted by Crippen LogP contribution is 2.26. The number of halogens is 1. The molecule has 2 aromatic rings. The lowest BCUT2D eigenvalue weighted by Gasteiger charge is -2.10. The molecule has 0 aliphatic carbocycles. The monoisotopic (exact) mass is 272 g/mol. The smallest absolute Gasteiger partial charge is 0.372 e. The van der Waals surface area contributed by atoms with E-state index in [0.29, 0.717) is 11.1 Å². The standard InChI is InChI=1S/C16H13FO3/c1-10(15(18)16(19)20)12-7-8-13(14(17)9-12)11-5-3-2-4-6-11/h2-10H,1H3,(H,19,20). The molecule has 0 bridgehead atoms. The summed E-state index contributed by atoms with van der Waals surface area (Å²) in [6, 6.07) is 13.4. The zero-order valence-electron chi connectivity index (χ0n) is 10.8. The molecule has 3 nitrogen and oxygen atoms in total. The van der Waals surface area contributed by atoms with E-state index in [1.807, 2.05) is 6.07 Å². The van der Waals surface area contributed by atoms with E-state index in [9.17, 15) is 14.0 Å². The van der Waals surface area contributed by atoms with Gasteiger partial charge in [-0.2, -0.15) is 0 Å². The fourth-order valence-electron chi connectivity index (χ4n) is 1.99. The first-order chi connectivity index (χ1) is 9.50. The molecular weight excluding hydrogens is 259 g/mol. The highest BCUT2D eigenvalue weighted by Gasteiger charge is 2.22. The molecule has 1 atom stereocenters. The van der Waals surface area contributed by atoms with Crippen molar-refractivity contribution in [2.24, 2.45) is 0 Å². The second-order valence-corrected chi connectivity index (χ2v) is 4.50. The van der Waals surface area contributed by atoms with Crippen LogP contribution in [0.4, 0.5) is 4.39 Å². The average molecular weight is 272 g/mol. The van der Waals surface area contributed by atoms with Gasteiger partial charge in [0.1, 0.15) is 5.82 Å². The van der Waals surface area contributed by atoms with Gasteiger partial charge in [0.2, 0.25) is 5.78 Å². The van der Waals surface area contributed by atoms with E-state index in [2.05, 4.69) is 0 Å². The van der Waals surface area contributed by atoms with Gasteiger partial charge in [0, 0.05) is 5.56 Å². The van der Waals surface area contributed by atoms with E-state index in [0.717, 1.165) is 5.56 Å². The number of hydrogen-bond acceptors (Lipinski definition) is 2. The Bertz CT molecular complexity index is 650. The summed E-state index contributed by atoms with van der Waals surface area (Å²) in [5, 5.41) is 8.67. The average Bonchev–Trinajstić information content (AvgIpc) is 2.46. The third kappa shape index (κ3) is 2.74. The zero-order chi connectivity index (χ0) is 14.7. The number of Topliss-reactive ketones (excluding diaryl/α,β-unsaturated/α-hetero) is 1. The minimum Gasteiger partial charge on any atom is -0.475 e. The van der Waals surface area contributed by atoms with Crippen LogP contribution in [0.1, 0.15) is 18.4 Å². The van der Waals surface area contributed by atoms with Gasteiger partial charge < -0.3 is 5.11 Å². The molecular formula is C16H13FO3. The first-order valence-electron chi connectivity index (χ1n) is 6.12. The van der Waals surface area contributed by atoms with E-state index < -0.39 is 23.5 Å². The number of hydrogen-bond donors (Lipinski definition) is 1. The van der Waals surface area contributed by atoms with Crippen LogP contribution in [0.25, 0.3) is 11.1 Å². The van der Waals surface area contributed by atoms with Crippen LogP contribution < -0.4 is 0 Å². The van der Waals surface area contributed by atoms with Crippen molar-refractivity contribution in [2.75, 3.05) is 0 Å². The predicted octanol–water partition coefficient (Wildman–Crippen LogP) is 3.25. The van der Waals surface area contributed by atoms with Crippen LogP contribution in [-0.2, 0) is 9.59 Å². The van der Waals surface area contributed by atoms with Crippen molar-refractivity contribution < 1.29 is 19.1 Å². The number of aliphatic carboxylic acids is 1. The molecule has 0 spiro atoms. The Morgan fingerprint density at radius 1 is 1.10 bits per heavy atom. The molecule has 1 unspecified atom stereocenters. The molecule has 4 heteroatoms. The van der Waals surface area contributed by atoms with Crippen molar-refractivity contribution in [1.29, 1.82) is 0 Å². The number of benzene rings is 2. The van der Waals surface area contributed by atoms with Crippen LogP contribution in [0.15, 0.2) is 48.5 Å². The summed E-state index contributed by atoms with van der Waals surface area (Å²) in [6.45, 7) is 1.45. The van der Waals surface area contributed by atoms with Gasteiger partial charge in [-0.15, -0.1) is 0 Å². The van der Waals surface area contributed by atoms with Crippen molar-refractivity contribution >= 4 is 11.8 Å². The van der Waals surface area contributed by atoms with Crippen molar-refractivity contribution in [3.8, 4) is 11.1 Å². The molecule has 0 heterocycles. The Hall–Kier alpha value is -2.49. The molecule has 2 aromatic carbocycles. The second-order valence-electron chi connectivity index (χ2n) is 4.50. The fraction of sp³-hybridized carbons (Fsp3) is 0.125. The van der Waals surface area contributed by atoms with E-state index in [1.165, 1.54) is 13.0 Å². The highest BCUT2D eigenvalue weighted by molar-refractivity contribution is 6.34. The van der Waals surface area contributed by atoms with Gasteiger partial charge in [-0.3, -0.25) is 4.79 Å². The largest absolute Gasteiger partial charge is 0.475 e. The van der Waals surface area contributed by atoms with Crippen molar-refractivity contribution in [3.05, 3.63) is 59.9 Å². The molecule has 2 rings (SSSR count). The van der Waals surface area contributed by atoms with Crippen molar-refractivity contribution in [1.82, 2.24) is 0 Å². The third-order valence-electron chi connectivity index (χ3n) is 3.18. The van der Waals surface area contributed by atoms with Crippen LogP contribution in [-0.4, -0.2) is 16.9 Å². The second kappa shape index (κ2) is 5.65. The van der Waals surface area contributed by atoms with Crippen LogP contribution in [0.3, 0.4) is 0 Å². The molecule has 0 amide bonds. The number of carboxylic acids is 1. The van der Waals surface area contributed by atoms with Crippen LogP contribution in [0.2, 0.25) is 0 Å². The third-order valence-corrected chi connectivity index (χ3v) is 3.18. The number of carbonyl (C=O) groups excluding carboxylic acids is 1. The summed E-state index contributed by atoms with van der Waals surface area (Å²) < 4.78 is 14.1. The van der Waals surface area contributed by atoms with Gasteiger partial charge in [0.15, 0.2) is 0 Å². The maximum Gasteiger partial charge on any atom is 0.372 e. The van der Waals surface area contributed by atoms with Gasteiger partial charge >= 0.3 is 5.97 Å². The molecule has 20 heavy (non-hydrogen) atoms. The normalized spacial score (nSPS) is 11.9. The maximum atomic E-state index is 14.1. The summed E-state index contributed by atoms with van der Waals surface area (Å²) in [4.78, 5) is 22.0. The molecule has 0 saturated heterocycles. The molecule has 0 saturated carbocycles. The summed E-state index contributed by atoms with van der Waals surface area (Å²) in [5.74, 6) is -3.80. The lowest BCUT2D eigenvalue weighted by Crippen LogP contribution is -2.19. The Balaban J connectivity index is 2.36. The van der Waals surface area contributed by atoms with Crippen molar-refractivity contribution in [2.45, 2.75) is 12.8 Å². The van der Waals surface area contributed by atoms with Gasteiger partial charge in [0.05, 0.1) is 5.92 Å². The molecule has 0 aliphatic heterocycles. The van der Waals surface area contributed by atoms with Crippen LogP contribution >= 0.6 is 0 Å². The van der Waals surface area contributed by atoms with Gasteiger partial charge in [0.25, 0.3) is 0 Å². The molecule has 0 aliphatic rings. The lowest BCUT2D eigenvalue weighted by atomic mass is 9.94. The SMILES string of the molecule is CC(C(=O)C(=O)O)c1ccc(-c2ccccc2)c(F)c1. The first-order valence-corrected chi connectivity index (χ1v) is 6.12. The van der Waals surface area contributed by atoms with Gasteiger partial charge in [-0.25, -0.2) is 9.18 Å². The minimum absolute atomic E-state index is 0.356. The minimum atomic E-state index is -1.51. The summed E-state index contributed by atoms with van der Waals surface area (Å²) in [7, 11) is 0. The van der Waals surface area contributed by atoms with E-state index in [1.54, 1.807) is 36.4 Å². The number of ketones is 1. The molecule has 1 N–H and O–H groups in total. The Kier molecular flexibility index (Phi) is 3.94. The fourth-order valence-corrected chi connectivity index (χ4v) is 1.99. The van der Waals surface area contributed by atoms with Crippen molar-refractivity contribution in [3.63, 3.8) is 0 Å². The van der Waals surface area contributed by atoms with Crippen LogP contribution in [0, 0.1) is 5.82 Å². The highest BCUT2D eigenvalue weighted by atomic mass is 19.1. The van der Waals surface area contributed by atoms with E-state index >= 15 is 0 Å². The summed E-state index contributed by atoms with van der Waals surface area (Å²) in [6.07, 6.45) is 0. The van der Waals surface area contributed by atoms with Gasteiger partial charge in [-0.1, -0.05) is 49.4 Å². The topological polar surface area (TPSA) is 54.4 Å². The zero-order valence-corrected chi connectivity index (χ0v) is 10.8. The Labute approximate surface area is 115 Å². The lowest BCUT2D eigenvalue weighted by molar-refractivity contribution is -0.149. The number of carbonyl (C=O) groups is 2. The summed E-state index contributed by atoms with van der Waals surface area (Å²) >= 11 is 0. The maximum absolute atomic E-state index is 14.1. The predicted molar refractivity (Wildman–Crippen MR) is 72.9 cm³/mol. The van der Waals surface area contributed by atoms with Crippen LogP contribution in [0.5, 0.6) is 0 Å². The quantitative estimate of drug-likeness (QED) is 0.869. The summed E-state index contributed by atoms with van der Waals surface area (Å²) in [5.41, 5.74) is 1.51. The van der Waals surface area contributed by atoms with E-state index in [-0.39, 0.29) is 0 Å². The molecule has 0 aromatic heterocycles. The Morgan fingerprint density at radius 3 is 2.30 bits per heavy atom. The Morgan fingerprint density at radius 2 is 1.75 bits per heavy atom. The van der Waals surface area contributed by atoms with E-state index in [4.69, 9.17) is 5.11 Å². The number of rotatable bonds is 4. The number of carboxylic acid groups (broad SMARTS) is 1.